The maximum Gasteiger partial charge on any atom is 0.256 e. The highest BCUT2D eigenvalue weighted by atomic mass is 16.5. The van der Waals surface area contributed by atoms with Gasteiger partial charge in [-0.1, -0.05) is 12.1 Å². The molecule has 1 aliphatic heterocycles. The third kappa shape index (κ3) is 5.54. The lowest BCUT2D eigenvalue weighted by molar-refractivity contribution is 0.0936. The molecule has 0 fully saturated rings. The van der Waals surface area contributed by atoms with Crippen molar-refractivity contribution in [2.24, 2.45) is 10.2 Å². The lowest BCUT2D eigenvalue weighted by Gasteiger charge is -2.11. The van der Waals surface area contributed by atoms with E-state index in [4.69, 9.17) is 9.47 Å². The largest absolute Gasteiger partial charge is 0.497 e. The topological polar surface area (TPSA) is 130 Å². The van der Waals surface area contributed by atoms with Crippen LogP contribution in [0.25, 0.3) is 11.3 Å². The highest BCUT2D eigenvalue weighted by molar-refractivity contribution is 6.04. The molecule has 0 saturated heterocycles. The number of aromatic nitrogens is 2. The highest BCUT2D eigenvalue weighted by Crippen LogP contribution is 2.30. The SMILES string of the molecule is COc1ccc(-c2cc(NC(=O)c3ccc(C(=O)NC4CC(c5ccc(OC)cc5)N=N4)cc3)n[nH]2)cc1. The van der Waals surface area contributed by atoms with E-state index >= 15 is 0 Å². The molecule has 2 heterocycles. The summed E-state index contributed by atoms with van der Waals surface area (Å²) >= 11 is 0. The van der Waals surface area contributed by atoms with Gasteiger partial charge in [-0.15, -0.1) is 0 Å². The molecule has 2 amide bonds. The van der Waals surface area contributed by atoms with Crippen LogP contribution in [0.3, 0.4) is 0 Å². The molecule has 0 bridgehead atoms. The van der Waals surface area contributed by atoms with E-state index in [1.807, 2.05) is 48.5 Å². The van der Waals surface area contributed by atoms with Crippen LogP contribution in [-0.4, -0.2) is 42.4 Å². The number of nitrogens with one attached hydrogen (secondary N) is 3. The van der Waals surface area contributed by atoms with E-state index in [1.54, 1.807) is 44.6 Å². The molecule has 2 atom stereocenters. The summed E-state index contributed by atoms with van der Waals surface area (Å²) in [6.07, 6.45) is 0.151. The fraction of sp³-hybridized carbons (Fsp3) is 0.179. The van der Waals surface area contributed by atoms with E-state index in [1.165, 1.54) is 0 Å². The molecular formula is C28H26N6O4. The zero-order valence-corrected chi connectivity index (χ0v) is 20.8. The summed E-state index contributed by atoms with van der Waals surface area (Å²) in [5, 5.41) is 21.2. The first-order valence-corrected chi connectivity index (χ1v) is 12.0. The minimum atomic E-state index is -0.419. The van der Waals surface area contributed by atoms with Crippen LogP contribution in [0.2, 0.25) is 0 Å². The van der Waals surface area contributed by atoms with E-state index in [-0.39, 0.29) is 17.9 Å². The van der Waals surface area contributed by atoms with Gasteiger partial charge in [0.25, 0.3) is 11.8 Å². The van der Waals surface area contributed by atoms with Gasteiger partial charge in [-0.25, -0.2) is 0 Å². The summed E-state index contributed by atoms with van der Waals surface area (Å²) in [7, 11) is 3.23. The van der Waals surface area contributed by atoms with Gasteiger partial charge in [0.15, 0.2) is 5.82 Å². The average molecular weight is 511 g/mol. The lowest BCUT2D eigenvalue weighted by atomic mass is 10.0. The van der Waals surface area contributed by atoms with Crippen LogP contribution in [0, 0.1) is 0 Å². The van der Waals surface area contributed by atoms with Gasteiger partial charge in [-0.2, -0.15) is 15.3 Å². The molecule has 10 heteroatoms. The number of amides is 2. The zero-order valence-electron chi connectivity index (χ0n) is 20.8. The average Bonchev–Trinajstić information content (AvgIpc) is 3.63. The number of carbonyl (C=O) groups is 2. The predicted molar refractivity (Wildman–Crippen MR) is 141 cm³/mol. The summed E-state index contributed by atoms with van der Waals surface area (Å²) in [6.45, 7) is 0. The van der Waals surface area contributed by atoms with Gasteiger partial charge < -0.3 is 20.1 Å². The number of methoxy groups -OCH3 is 2. The normalized spacial score (nSPS) is 16.2. The van der Waals surface area contributed by atoms with Crippen LogP contribution < -0.4 is 20.1 Å². The first-order chi connectivity index (χ1) is 18.5. The second kappa shape index (κ2) is 11.0. The molecule has 1 aromatic heterocycles. The molecule has 38 heavy (non-hydrogen) atoms. The number of ether oxygens (including phenoxy) is 2. The van der Waals surface area contributed by atoms with Gasteiger partial charge in [0.1, 0.15) is 17.7 Å². The van der Waals surface area contributed by atoms with Crippen LogP contribution in [0.5, 0.6) is 11.5 Å². The number of rotatable bonds is 8. The molecule has 3 aromatic carbocycles. The lowest BCUT2D eigenvalue weighted by Crippen LogP contribution is -2.32. The first-order valence-electron chi connectivity index (χ1n) is 12.0. The predicted octanol–water partition coefficient (Wildman–Crippen LogP) is 5.00. The maximum atomic E-state index is 12.7. The maximum absolute atomic E-state index is 12.7. The van der Waals surface area contributed by atoms with E-state index in [9.17, 15) is 9.59 Å². The Balaban J connectivity index is 1.15. The number of anilines is 1. The molecule has 10 nitrogen and oxygen atoms in total. The van der Waals surface area contributed by atoms with Crippen LogP contribution >= 0.6 is 0 Å². The summed E-state index contributed by atoms with van der Waals surface area (Å²) in [4.78, 5) is 25.4. The number of azo groups is 1. The summed E-state index contributed by atoms with van der Waals surface area (Å²) in [5.74, 6) is 1.29. The van der Waals surface area contributed by atoms with Gasteiger partial charge in [-0.05, 0) is 71.8 Å². The molecule has 192 valence electrons. The molecule has 0 spiro atoms. The Bertz CT molecular complexity index is 1450. The van der Waals surface area contributed by atoms with Gasteiger partial charge >= 0.3 is 0 Å². The number of H-pyrrole nitrogens is 1. The van der Waals surface area contributed by atoms with Crippen LogP contribution in [0.15, 0.2) is 89.1 Å². The van der Waals surface area contributed by atoms with Gasteiger partial charge in [0.2, 0.25) is 0 Å². The van der Waals surface area contributed by atoms with E-state index in [2.05, 4.69) is 31.1 Å². The van der Waals surface area contributed by atoms with Crippen molar-refractivity contribution in [1.82, 2.24) is 15.5 Å². The Morgan fingerprint density at radius 3 is 2.05 bits per heavy atom. The number of aromatic amines is 1. The number of carbonyl (C=O) groups excluding carboxylic acids is 2. The van der Waals surface area contributed by atoms with Crippen molar-refractivity contribution in [2.75, 3.05) is 19.5 Å². The standard InChI is InChI=1S/C28H26N6O4/c1-37-21-11-7-17(8-12-21)23-15-25(33-31-23)29-27(35)19-3-5-20(6-4-19)28(36)30-26-16-24(32-34-26)18-9-13-22(38-2)14-10-18/h3-15,24,26H,16H2,1-2H3,(H,30,36)(H2,29,31,33,35). The van der Waals surface area contributed by atoms with E-state index in [0.717, 1.165) is 28.3 Å². The Hall–Kier alpha value is -4.99. The second-order valence-corrected chi connectivity index (χ2v) is 8.67. The van der Waals surface area contributed by atoms with E-state index < -0.39 is 6.17 Å². The molecule has 3 N–H and O–H groups in total. The van der Waals surface area contributed by atoms with E-state index in [0.29, 0.717) is 23.4 Å². The Morgan fingerprint density at radius 2 is 1.42 bits per heavy atom. The molecule has 0 radical (unpaired) electrons. The minimum absolute atomic E-state index is 0.121. The van der Waals surface area contributed by atoms with Crippen molar-refractivity contribution in [3.63, 3.8) is 0 Å². The summed E-state index contributed by atoms with van der Waals surface area (Å²) < 4.78 is 10.4. The Morgan fingerprint density at radius 1 is 0.816 bits per heavy atom. The second-order valence-electron chi connectivity index (χ2n) is 8.67. The molecular weight excluding hydrogens is 484 g/mol. The monoisotopic (exact) mass is 510 g/mol. The molecule has 0 saturated carbocycles. The molecule has 5 rings (SSSR count). The smallest absolute Gasteiger partial charge is 0.256 e. The number of benzene rings is 3. The van der Waals surface area contributed by atoms with Gasteiger partial charge in [0.05, 0.1) is 26.0 Å². The van der Waals surface area contributed by atoms with Crippen LogP contribution in [0.1, 0.15) is 38.7 Å². The van der Waals surface area contributed by atoms with Crippen molar-refractivity contribution in [2.45, 2.75) is 18.6 Å². The van der Waals surface area contributed by atoms with Crippen molar-refractivity contribution < 1.29 is 19.1 Å². The molecule has 0 aliphatic carbocycles. The van der Waals surface area contributed by atoms with Crippen molar-refractivity contribution >= 4 is 17.6 Å². The fourth-order valence-electron chi connectivity index (χ4n) is 4.08. The third-order valence-corrected chi connectivity index (χ3v) is 6.22. The van der Waals surface area contributed by atoms with Crippen molar-refractivity contribution in [1.29, 1.82) is 0 Å². The Labute approximate surface area is 219 Å². The molecule has 2 unspecified atom stereocenters. The third-order valence-electron chi connectivity index (χ3n) is 6.22. The molecule has 1 aliphatic rings. The Kier molecular flexibility index (Phi) is 7.12. The minimum Gasteiger partial charge on any atom is -0.497 e. The number of hydrogen-bond donors (Lipinski definition) is 3. The van der Waals surface area contributed by atoms with Crippen molar-refractivity contribution in [3.8, 4) is 22.8 Å². The first kappa shape index (κ1) is 24.7. The van der Waals surface area contributed by atoms with Crippen molar-refractivity contribution in [3.05, 3.63) is 95.6 Å². The zero-order chi connectivity index (χ0) is 26.5. The van der Waals surface area contributed by atoms with Crippen LogP contribution in [-0.2, 0) is 0 Å². The van der Waals surface area contributed by atoms with Gasteiger partial charge in [0, 0.05) is 23.6 Å². The summed E-state index contributed by atoms with van der Waals surface area (Å²) in [5.41, 5.74) is 3.50. The number of hydrogen-bond acceptors (Lipinski definition) is 7. The quantitative estimate of drug-likeness (QED) is 0.307. The van der Waals surface area contributed by atoms with Crippen LogP contribution in [0.4, 0.5) is 5.82 Å². The number of nitrogens with zero attached hydrogens (tertiary/aromatic N) is 3. The highest BCUT2D eigenvalue weighted by Gasteiger charge is 2.25. The summed E-state index contributed by atoms with van der Waals surface area (Å²) in [6, 6.07) is 23.1. The molecule has 4 aromatic rings. The fourth-order valence-corrected chi connectivity index (χ4v) is 4.08. The van der Waals surface area contributed by atoms with Gasteiger partial charge in [-0.3, -0.25) is 14.7 Å².